The smallest absolute Gasteiger partial charge is 0.143 e. The number of terminal acetylenes is 1. The number of nitrogens with zero attached hydrogens (tertiary/aromatic N) is 1. The highest BCUT2D eigenvalue weighted by Crippen LogP contribution is 2.16. The zero-order chi connectivity index (χ0) is 11.1. The minimum Gasteiger partial charge on any atom is -0.489 e. The van der Waals surface area contributed by atoms with Gasteiger partial charge in [0.25, 0.3) is 0 Å². The lowest BCUT2D eigenvalue weighted by Gasteiger charge is -2.09. The molecule has 0 aliphatic rings. The van der Waals surface area contributed by atoms with Crippen molar-refractivity contribution in [3.8, 4) is 18.1 Å². The van der Waals surface area contributed by atoms with Gasteiger partial charge in [-0.05, 0) is 6.07 Å². The van der Waals surface area contributed by atoms with Crippen LogP contribution in [0.2, 0.25) is 0 Å². The van der Waals surface area contributed by atoms with Crippen molar-refractivity contribution in [1.29, 1.82) is 0 Å². The number of hydrogen-bond acceptors (Lipinski definition) is 4. The van der Waals surface area contributed by atoms with Crippen LogP contribution in [0.15, 0.2) is 12.3 Å². The predicted octanol–water partition coefficient (Wildman–Crippen LogP) is 0.547. The first-order valence-corrected chi connectivity index (χ1v) is 4.59. The van der Waals surface area contributed by atoms with Gasteiger partial charge in [-0.2, -0.15) is 0 Å². The van der Waals surface area contributed by atoms with Crippen molar-refractivity contribution in [3.63, 3.8) is 0 Å². The Morgan fingerprint density at radius 3 is 2.93 bits per heavy atom. The zero-order valence-corrected chi connectivity index (χ0v) is 8.69. The maximum Gasteiger partial charge on any atom is 0.143 e. The molecule has 0 aliphatic carbocycles. The van der Waals surface area contributed by atoms with Gasteiger partial charge in [-0.3, -0.25) is 4.98 Å². The summed E-state index contributed by atoms with van der Waals surface area (Å²) in [6.07, 6.45) is 6.87. The van der Waals surface area contributed by atoms with Gasteiger partial charge in [-0.25, -0.2) is 0 Å². The van der Waals surface area contributed by atoms with E-state index >= 15 is 0 Å². The number of hydrogen-bond donors (Lipinski definition) is 1. The van der Waals surface area contributed by atoms with E-state index in [4.69, 9.17) is 21.6 Å². The van der Waals surface area contributed by atoms with Gasteiger partial charge in [0, 0.05) is 25.4 Å². The van der Waals surface area contributed by atoms with Crippen molar-refractivity contribution >= 4 is 0 Å². The summed E-state index contributed by atoms with van der Waals surface area (Å²) in [5.41, 5.74) is 6.90. The Bertz CT molecular complexity index is 358. The third-order valence-electron chi connectivity index (χ3n) is 1.84. The van der Waals surface area contributed by atoms with Crippen LogP contribution in [0, 0.1) is 12.3 Å². The van der Waals surface area contributed by atoms with Crippen LogP contribution in [-0.4, -0.2) is 25.3 Å². The van der Waals surface area contributed by atoms with E-state index < -0.39 is 0 Å². The van der Waals surface area contributed by atoms with E-state index in [-0.39, 0.29) is 0 Å². The molecular formula is C11H14N2O2. The quantitative estimate of drug-likeness (QED) is 0.564. The Morgan fingerprint density at radius 2 is 2.33 bits per heavy atom. The van der Waals surface area contributed by atoms with E-state index in [9.17, 15) is 0 Å². The fraction of sp³-hybridized carbons (Fsp3) is 0.364. The molecule has 80 valence electrons. The molecule has 15 heavy (non-hydrogen) atoms. The number of pyridine rings is 1. The summed E-state index contributed by atoms with van der Waals surface area (Å²) < 4.78 is 10.3. The predicted molar refractivity (Wildman–Crippen MR) is 57.4 cm³/mol. The molecule has 2 N–H and O–H groups in total. The Hall–Kier alpha value is -1.57. The van der Waals surface area contributed by atoms with Crippen LogP contribution < -0.4 is 10.5 Å². The van der Waals surface area contributed by atoms with Gasteiger partial charge in [0.05, 0.1) is 12.3 Å². The maximum atomic E-state index is 5.52. The van der Waals surface area contributed by atoms with Crippen molar-refractivity contribution in [2.45, 2.75) is 6.54 Å². The number of ether oxygens (including phenoxy) is 2. The number of rotatable bonds is 5. The van der Waals surface area contributed by atoms with Gasteiger partial charge in [0.1, 0.15) is 12.4 Å². The molecule has 0 saturated heterocycles. The zero-order valence-electron chi connectivity index (χ0n) is 8.69. The molecule has 0 saturated carbocycles. The molecule has 0 radical (unpaired) electrons. The minimum atomic E-state index is 0.327. The highest BCUT2D eigenvalue weighted by Gasteiger charge is 2.04. The van der Waals surface area contributed by atoms with Gasteiger partial charge in [-0.15, -0.1) is 6.42 Å². The van der Waals surface area contributed by atoms with Crippen LogP contribution in [0.5, 0.6) is 5.75 Å². The van der Waals surface area contributed by atoms with Crippen LogP contribution in [0.3, 0.4) is 0 Å². The highest BCUT2D eigenvalue weighted by atomic mass is 16.5. The molecule has 0 amide bonds. The molecular weight excluding hydrogens is 192 g/mol. The van der Waals surface area contributed by atoms with Crippen molar-refractivity contribution < 1.29 is 9.47 Å². The highest BCUT2D eigenvalue weighted by molar-refractivity contribution is 5.39. The maximum absolute atomic E-state index is 5.52. The first-order chi connectivity index (χ1) is 7.31. The number of aromatic nitrogens is 1. The van der Waals surface area contributed by atoms with E-state index in [0.29, 0.717) is 36.8 Å². The van der Waals surface area contributed by atoms with Crippen LogP contribution in [0.4, 0.5) is 0 Å². The summed E-state index contributed by atoms with van der Waals surface area (Å²) in [5, 5.41) is 0. The lowest BCUT2D eigenvalue weighted by atomic mass is 10.2. The van der Waals surface area contributed by atoms with Crippen LogP contribution in [0.1, 0.15) is 11.3 Å². The molecule has 4 nitrogen and oxygen atoms in total. The van der Waals surface area contributed by atoms with Gasteiger partial charge < -0.3 is 15.2 Å². The second-order valence-corrected chi connectivity index (χ2v) is 2.86. The Balaban J connectivity index is 2.78. The topological polar surface area (TPSA) is 57.4 Å². The van der Waals surface area contributed by atoms with Crippen molar-refractivity contribution in [1.82, 2.24) is 4.98 Å². The largest absolute Gasteiger partial charge is 0.489 e. The average Bonchev–Trinajstić information content (AvgIpc) is 2.29. The summed E-state index contributed by atoms with van der Waals surface area (Å²) in [6.45, 7) is 1.30. The Morgan fingerprint density at radius 1 is 1.53 bits per heavy atom. The van der Waals surface area contributed by atoms with E-state index in [2.05, 4.69) is 10.9 Å². The molecule has 1 rings (SSSR count). The lowest BCUT2D eigenvalue weighted by Crippen LogP contribution is -2.09. The SMILES string of the molecule is C#Cc1cnc(CN)c(OCCOC)c1. The molecule has 1 aromatic heterocycles. The first kappa shape index (κ1) is 11.5. The monoisotopic (exact) mass is 206 g/mol. The second kappa shape index (κ2) is 6.02. The van der Waals surface area contributed by atoms with Crippen molar-refractivity contribution in [3.05, 3.63) is 23.5 Å². The molecule has 1 heterocycles. The number of methoxy groups -OCH3 is 1. The van der Waals surface area contributed by atoms with E-state index in [0.717, 1.165) is 0 Å². The summed E-state index contributed by atoms with van der Waals surface area (Å²) in [6, 6.07) is 1.75. The second-order valence-electron chi connectivity index (χ2n) is 2.86. The van der Waals surface area contributed by atoms with E-state index in [1.807, 2.05) is 0 Å². The van der Waals surface area contributed by atoms with Gasteiger partial charge >= 0.3 is 0 Å². The van der Waals surface area contributed by atoms with Crippen LogP contribution in [-0.2, 0) is 11.3 Å². The minimum absolute atomic E-state index is 0.327. The molecule has 1 aromatic rings. The molecule has 0 fully saturated rings. The van der Waals surface area contributed by atoms with Gasteiger partial charge in [0.2, 0.25) is 0 Å². The third-order valence-corrected chi connectivity index (χ3v) is 1.84. The summed E-state index contributed by atoms with van der Waals surface area (Å²) in [5.74, 6) is 3.12. The normalized spacial score (nSPS) is 9.67. The van der Waals surface area contributed by atoms with Gasteiger partial charge in [0.15, 0.2) is 0 Å². The fourth-order valence-electron chi connectivity index (χ4n) is 1.07. The summed E-state index contributed by atoms with van der Waals surface area (Å²) in [7, 11) is 1.61. The summed E-state index contributed by atoms with van der Waals surface area (Å²) in [4.78, 5) is 4.11. The van der Waals surface area contributed by atoms with Crippen molar-refractivity contribution in [2.75, 3.05) is 20.3 Å². The van der Waals surface area contributed by atoms with Crippen molar-refractivity contribution in [2.24, 2.45) is 5.73 Å². The van der Waals surface area contributed by atoms with E-state index in [1.165, 1.54) is 0 Å². The Labute approximate surface area is 89.4 Å². The summed E-state index contributed by atoms with van der Waals surface area (Å²) >= 11 is 0. The van der Waals surface area contributed by atoms with E-state index in [1.54, 1.807) is 19.4 Å². The molecule has 0 spiro atoms. The Kier molecular flexibility index (Phi) is 4.61. The molecule has 4 heteroatoms. The third kappa shape index (κ3) is 3.24. The molecule has 0 aromatic carbocycles. The molecule has 0 aliphatic heterocycles. The molecule has 0 bridgehead atoms. The standard InChI is InChI=1S/C11H14N2O2/c1-3-9-6-11(15-5-4-14-2)10(7-12)13-8-9/h1,6,8H,4-5,7,12H2,2H3. The van der Waals surface area contributed by atoms with Crippen LogP contribution >= 0.6 is 0 Å². The average molecular weight is 206 g/mol. The van der Waals surface area contributed by atoms with Gasteiger partial charge in [-0.1, -0.05) is 5.92 Å². The molecule has 0 atom stereocenters. The first-order valence-electron chi connectivity index (χ1n) is 4.59. The van der Waals surface area contributed by atoms with Crippen LogP contribution in [0.25, 0.3) is 0 Å². The number of nitrogens with two attached hydrogens (primary N) is 1. The fourth-order valence-corrected chi connectivity index (χ4v) is 1.07. The molecule has 0 unspecified atom stereocenters. The lowest BCUT2D eigenvalue weighted by molar-refractivity contribution is 0.145.